The molecular weight excluding hydrogens is 455 g/mol. The summed E-state index contributed by atoms with van der Waals surface area (Å²) in [7, 11) is 3.04. The van der Waals surface area contributed by atoms with E-state index < -0.39 is 17.8 Å². The lowest BCUT2D eigenvalue weighted by Gasteiger charge is -2.30. The van der Waals surface area contributed by atoms with Crippen molar-refractivity contribution in [3.8, 4) is 5.88 Å². The van der Waals surface area contributed by atoms with Gasteiger partial charge in [-0.25, -0.2) is 4.98 Å². The number of carbonyl (C=O) groups excluding carboxylic acids is 1. The highest BCUT2D eigenvalue weighted by molar-refractivity contribution is 7.20. The average Bonchev–Trinajstić information content (AvgIpc) is 3.55. The largest absolute Gasteiger partial charge is 0.480 e. The molecular formula is C23H24F3N3O3S. The van der Waals surface area contributed by atoms with Crippen LogP contribution >= 0.6 is 11.3 Å². The first-order chi connectivity index (χ1) is 15.7. The van der Waals surface area contributed by atoms with E-state index in [4.69, 9.17) is 9.47 Å². The minimum atomic E-state index is -4.44. The maximum Gasteiger partial charge on any atom is 0.416 e. The predicted octanol–water partition coefficient (Wildman–Crippen LogP) is 5.54. The fourth-order valence-electron chi connectivity index (χ4n) is 3.95. The molecule has 0 bridgehead atoms. The summed E-state index contributed by atoms with van der Waals surface area (Å²) in [6.45, 7) is 3.78. The van der Waals surface area contributed by atoms with Crippen LogP contribution in [0.3, 0.4) is 0 Å². The highest BCUT2D eigenvalue weighted by Gasteiger charge is 2.39. The third-order valence-corrected chi connectivity index (χ3v) is 6.93. The van der Waals surface area contributed by atoms with Crippen LogP contribution in [0, 0.1) is 6.92 Å². The van der Waals surface area contributed by atoms with Crippen LogP contribution in [-0.4, -0.2) is 41.0 Å². The number of carbonyl (C=O) groups is 1. The number of alkyl halides is 3. The van der Waals surface area contributed by atoms with Crippen molar-refractivity contribution in [2.75, 3.05) is 14.2 Å². The monoisotopic (exact) mass is 479 g/mol. The Balaban J connectivity index is 1.74. The second-order valence-electron chi connectivity index (χ2n) is 8.06. The lowest BCUT2D eigenvalue weighted by Crippen LogP contribution is -2.35. The van der Waals surface area contributed by atoms with Crippen molar-refractivity contribution < 1.29 is 27.4 Å². The van der Waals surface area contributed by atoms with E-state index in [0.717, 1.165) is 25.0 Å². The molecule has 6 nitrogen and oxygen atoms in total. The molecule has 1 fully saturated rings. The van der Waals surface area contributed by atoms with Gasteiger partial charge in [0.1, 0.15) is 11.4 Å². The summed E-state index contributed by atoms with van der Waals surface area (Å²) in [5, 5.41) is 0.660. The molecule has 1 saturated carbocycles. The van der Waals surface area contributed by atoms with E-state index in [1.165, 1.54) is 31.6 Å². The van der Waals surface area contributed by atoms with Crippen LogP contribution in [0.5, 0.6) is 5.88 Å². The Hall–Kier alpha value is -2.72. The van der Waals surface area contributed by atoms with E-state index in [1.807, 2.05) is 6.92 Å². The van der Waals surface area contributed by atoms with Crippen molar-refractivity contribution in [2.45, 2.75) is 51.6 Å². The zero-order chi connectivity index (χ0) is 23.9. The third-order valence-electron chi connectivity index (χ3n) is 5.75. The van der Waals surface area contributed by atoms with Gasteiger partial charge in [0, 0.05) is 13.2 Å². The standard InChI is InChI=1S/C23H24F3N3O3S/c1-12-18-20(32-4)27-17(11-31-3)28-21(18)33-19(12)22(30)29(16-8-9-16)13(2)14-6-5-7-15(10-14)23(24,25)26/h5-7,10,13,16H,8-9,11H2,1-4H3. The van der Waals surface area contributed by atoms with Crippen LogP contribution < -0.4 is 4.74 Å². The molecule has 2 aromatic heterocycles. The molecule has 1 aromatic carbocycles. The Bertz CT molecular complexity index is 1190. The van der Waals surface area contributed by atoms with E-state index >= 15 is 0 Å². The fourth-order valence-corrected chi connectivity index (χ4v) is 5.09. The average molecular weight is 480 g/mol. The minimum Gasteiger partial charge on any atom is -0.480 e. The first-order valence-electron chi connectivity index (χ1n) is 10.5. The van der Waals surface area contributed by atoms with Crippen LogP contribution in [0.15, 0.2) is 24.3 Å². The molecule has 10 heteroatoms. The summed E-state index contributed by atoms with van der Waals surface area (Å²) < 4.78 is 50.3. The highest BCUT2D eigenvalue weighted by Crippen LogP contribution is 2.41. The van der Waals surface area contributed by atoms with Crippen LogP contribution in [0.1, 0.15) is 58.0 Å². The SMILES string of the molecule is COCc1nc(OC)c2c(C)c(C(=O)N(C3CC3)C(C)c3cccc(C(F)(F)F)c3)sc2n1. The van der Waals surface area contributed by atoms with E-state index in [0.29, 0.717) is 37.9 Å². The van der Waals surface area contributed by atoms with Crippen LogP contribution in [0.4, 0.5) is 13.2 Å². The summed E-state index contributed by atoms with van der Waals surface area (Å²) >= 11 is 1.24. The summed E-state index contributed by atoms with van der Waals surface area (Å²) in [6, 6.07) is 4.64. The van der Waals surface area contributed by atoms with Crippen LogP contribution in [-0.2, 0) is 17.5 Å². The minimum absolute atomic E-state index is 0.0105. The maximum atomic E-state index is 13.7. The number of halogens is 3. The van der Waals surface area contributed by atoms with E-state index in [1.54, 1.807) is 17.9 Å². The molecule has 1 amide bonds. The Kier molecular flexibility index (Phi) is 6.32. The zero-order valence-corrected chi connectivity index (χ0v) is 19.5. The number of nitrogens with zero attached hydrogens (tertiary/aromatic N) is 3. The number of benzene rings is 1. The molecule has 3 aromatic rings. The van der Waals surface area contributed by atoms with Gasteiger partial charge in [-0.2, -0.15) is 18.2 Å². The van der Waals surface area contributed by atoms with E-state index in [2.05, 4.69) is 9.97 Å². The molecule has 0 radical (unpaired) electrons. The van der Waals surface area contributed by atoms with Gasteiger partial charge in [-0.15, -0.1) is 11.3 Å². The summed E-state index contributed by atoms with van der Waals surface area (Å²) in [4.78, 5) is 25.4. The fraction of sp³-hybridized carbons (Fsp3) is 0.435. The molecule has 33 heavy (non-hydrogen) atoms. The Morgan fingerprint density at radius 2 is 2.00 bits per heavy atom. The van der Waals surface area contributed by atoms with Gasteiger partial charge in [0.05, 0.1) is 29.0 Å². The van der Waals surface area contributed by atoms with Crippen molar-refractivity contribution >= 4 is 27.5 Å². The smallest absolute Gasteiger partial charge is 0.416 e. The number of amides is 1. The maximum absolute atomic E-state index is 13.7. The molecule has 0 spiro atoms. The first kappa shape index (κ1) is 23.4. The van der Waals surface area contributed by atoms with Gasteiger partial charge in [0.15, 0.2) is 5.82 Å². The molecule has 1 atom stereocenters. The Morgan fingerprint density at radius 1 is 1.27 bits per heavy atom. The molecule has 1 aliphatic carbocycles. The van der Waals surface area contributed by atoms with Gasteiger partial charge in [-0.3, -0.25) is 4.79 Å². The topological polar surface area (TPSA) is 64.6 Å². The van der Waals surface area contributed by atoms with Crippen molar-refractivity contribution in [2.24, 2.45) is 0 Å². The van der Waals surface area contributed by atoms with Gasteiger partial charge in [-0.1, -0.05) is 12.1 Å². The molecule has 2 heterocycles. The second-order valence-corrected chi connectivity index (χ2v) is 9.06. The van der Waals surface area contributed by atoms with E-state index in [-0.39, 0.29) is 18.6 Å². The molecule has 0 N–H and O–H groups in total. The summed E-state index contributed by atoms with van der Waals surface area (Å²) in [5.41, 5.74) is 0.421. The number of thiophene rings is 1. The lowest BCUT2D eigenvalue weighted by molar-refractivity contribution is -0.137. The Morgan fingerprint density at radius 3 is 2.61 bits per heavy atom. The summed E-state index contributed by atoms with van der Waals surface area (Å²) in [6.07, 6.45) is -2.80. The summed E-state index contributed by atoms with van der Waals surface area (Å²) in [5.74, 6) is 0.584. The molecule has 4 rings (SSSR count). The lowest BCUT2D eigenvalue weighted by atomic mass is 10.0. The number of aryl methyl sites for hydroxylation is 1. The number of ether oxygens (including phenoxy) is 2. The van der Waals surface area contributed by atoms with Gasteiger partial charge < -0.3 is 14.4 Å². The third kappa shape index (κ3) is 4.54. The number of rotatable bonds is 7. The number of methoxy groups -OCH3 is 2. The van der Waals surface area contributed by atoms with Gasteiger partial charge in [0.2, 0.25) is 5.88 Å². The number of aromatic nitrogens is 2. The quantitative estimate of drug-likeness (QED) is 0.445. The molecule has 0 aliphatic heterocycles. The molecule has 1 aliphatic rings. The first-order valence-corrected chi connectivity index (χ1v) is 11.3. The Labute approximate surface area is 193 Å². The number of hydrogen-bond acceptors (Lipinski definition) is 6. The van der Waals surface area contributed by atoms with Gasteiger partial charge in [-0.05, 0) is 49.9 Å². The van der Waals surface area contributed by atoms with Gasteiger partial charge >= 0.3 is 6.18 Å². The number of fused-ring (bicyclic) bond motifs is 1. The van der Waals surface area contributed by atoms with Crippen molar-refractivity contribution in [1.82, 2.24) is 14.9 Å². The van der Waals surface area contributed by atoms with Crippen molar-refractivity contribution in [3.05, 3.63) is 51.7 Å². The van der Waals surface area contributed by atoms with Crippen molar-refractivity contribution in [1.29, 1.82) is 0 Å². The van der Waals surface area contributed by atoms with Crippen LogP contribution in [0.25, 0.3) is 10.2 Å². The molecule has 1 unspecified atom stereocenters. The zero-order valence-electron chi connectivity index (χ0n) is 18.7. The normalized spacial score (nSPS) is 15.0. The number of hydrogen-bond donors (Lipinski definition) is 0. The highest BCUT2D eigenvalue weighted by atomic mass is 32.1. The predicted molar refractivity (Wildman–Crippen MR) is 118 cm³/mol. The van der Waals surface area contributed by atoms with E-state index in [9.17, 15) is 18.0 Å². The van der Waals surface area contributed by atoms with Crippen LogP contribution in [0.2, 0.25) is 0 Å². The van der Waals surface area contributed by atoms with Gasteiger partial charge in [0.25, 0.3) is 5.91 Å². The molecule has 0 saturated heterocycles. The second kappa shape index (κ2) is 8.90. The molecule has 176 valence electrons. The van der Waals surface area contributed by atoms with Crippen molar-refractivity contribution in [3.63, 3.8) is 0 Å².